The van der Waals surface area contributed by atoms with Crippen molar-refractivity contribution in [1.82, 2.24) is 4.98 Å². The van der Waals surface area contributed by atoms with Crippen molar-refractivity contribution < 1.29 is 24.9 Å². The quantitative estimate of drug-likeness (QED) is 0.137. The van der Waals surface area contributed by atoms with Crippen LogP contribution in [-0.2, 0) is 30.3 Å². The van der Waals surface area contributed by atoms with Crippen LogP contribution in [-0.4, -0.2) is 16.8 Å². The molecular formula is C35H34IrN2OS-2. The Morgan fingerprint density at radius 3 is 2.38 bits per heavy atom. The van der Waals surface area contributed by atoms with Gasteiger partial charge in [0.1, 0.15) is 0 Å². The first-order valence-electron chi connectivity index (χ1n) is 13.4. The van der Waals surface area contributed by atoms with E-state index in [0.29, 0.717) is 0 Å². The molecule has 5 heteroatoms. The van der Waals surface area contributed by atoms with Crippen molar-refractivity contribution >= 4 is 38.1 Å². The Hall–Kier alpha value is -3.11. The van der Waals surface area contributed by atoms with Gasteiger partial charge in [0.15, 0.2) is 5.78 Å². The van der Waals surface area contributed by atoms with Crippen molar-refractivity contribution in [3.05, 3.63) is 107 Å². The molecule has 40 heavy (non-hydrogen) atoms. The number of pyridine rings is 1. The van der Waals surface area contributed by atoms with Crippen molar-refractivity contribution in [2.75, 3.05) is 0 Å². The van der Waals surface area contributed by atoms with E-state index in [9.17, 15) is 4.79 Å². The van der Waals surface area contributed by atoms with E-state index in [2.05, 4.69) is 98.9 Å². The molecule has 6 rings (SSSR count). The number of nitrogens with zero attached hydrogens (tertiary/aromatic N) is 2. The second kappa shape index (κ2) is 11.8. The van der Waals surface area contributed by atoms with E-state index in [4.69, 9.17) is 4.98 Å². The number of aromatic nitrogens is 1. The van der Waals surface area contributed by atoms with Gasteiger partial charge in [-0.05, 0) is 59.7 Å². The number of thiophene rings is 1. The van der Waals surface area contributed by atoms with Gasteiger partial charge in [-0.1, -0.05) is 82.6 Å². The summed E-state index contributed by atoms with van der Waals surface area (Å²) < 4.78 is 1.37. The summed E-state index contributed by atoms with van der Waals surface area (Å²) in [6.07, 6.45) is 1.54. The smallest absolute Gasteiger partial charge is 0.151 e. The number of para-hydroxylation sites is 1. The number of ketones is 1. The summed E-state index contributed by atoms with van der Waals surface area (Å²) in [7, 11) is 0. The predicted molar refractivity (Wildman–Crippen MR) is 167 cm³/mol. The molecule has 0 spiro atoms. The number of rotatable bonds is 4. The fraction of sp³-hybridized carbons (Fsp3) is 0.257. The topological polar surface area (TPSA) is 44.1 Å². The van der Waals surface area contributed by atoms with Crippen LogP contribution in [0.5, 0.6) is 0 Å². The molecule has 0 saturated heterocycles. The van der Waals surface area contributed by atoms with E-state index in [1.165, 1.54) is 49.5 Å². The zero-order valence-corrected chi connectivity index (χ0v) is 27.3. The Morgan fingerprint density at radius 2 is 1.68 bits per heavy atom. The van der Waals surface area contributed by atoms with Crippen LogP contribution in [0.3, 0.4) is 0 Å². The molecule has 0 saturated carbocycles. The number of carbonyl (C=O) groups excluding carboxylic acids is 1. The van der Waals surface area contributed by atoms with Crippen molar-refractivity contribution in [3.63, 3.8) is 0 Å². The molecule has 2 aromatic heterocycles. The summed E-state index contributed by atoms with van der Waals surface area (Å²) in [5, 5.41) is 6.75. The minimum absolute atomic E-state index is 0. The average molecular weight is 723 g/mol. The summed E-state index contributed by atoms with van der Waals surface area (Å²) in [5.41, 5.74) is 9.32. The molecule has 207 valence electrons. The summed E-state index contributed by atoms with van der Waals surface area (Å²) in [6, 6.07) is 27.5. The van der Waals surface area contributed by atoms with Gasteiger partial charge in [0.2, 0.25) is 0 Å². The summed E-state index contributed by atoms with van der Waals surface area (Å²) >= 11 is 1.91. The maximum Gasteiger partial charge on any atom is 0.151 e. The van der Waals surface area contributed by atoms with Crippen LogP contribution in [0.4, 0.5) is 0 Å². The third-order valence-electron chi connectivity index (χ3n) is 7.14. The Bertz CT molecular complexity index is 1750. The molecule has 0 atom stereocenters. The number of hydrogen-bond donors (Lipinski definition) is 0. The monoisotopic (exact) mass is 723 g/mol. The van der Waals surface area contributed by atoms with Gasteiger partial charge in [-0.2, -0.15) is 5.70 Å². The molecule has 2 heterocycles. The van der Waals surface area contributed by atoms with E-state index in [-0.39, 0.29) is 37.3 Å². The molecule has 1 radical (unpaired) electrons. The zero-order chi connectivity index (χ0) is 27.9. The number of carbonyl (C=O) groups is 1. The van der Waals surface area contributed by atoms with Gasteiger partial charge >= 0.3 is 0 Å². The van der Waals surface area contributed by atoms with E-state index in [1.54, 1.807) is 6.08 Å². The minimum atomic E-state index is -0.0847. The number of fused-ring (bicyclic) bond motifs is 6. The standard InChI is InChI=1S/C27H20NS.C8H15NO.Ir/c1-16-15-22(28-21-13-6-4-9-17(16)21)18-11-8-12-20-24(18)27(2,3)25-19-10-5-7-14-23(19)29-26(20)25;1-6(2)9-7(3)5-8(4)10;/h4-10,12-15H,1-3H3;5-6H,1-4H3,(H,9,10);/q-1;;/p-1. The van der Waals surface area contributed by atoms with Gasteiger partial charge in [-0.3, -0.25) is 9.78 Å². The minimum Gasteiger partial charge on any atom is -0.686 e. The van der Waals surface area contributed by atoms with E-state index in [1.807, 2.05) is 32.1 Å². The van der Waals surface area contributed by atoms with Gasteiger partial charge in [-0.25, -0.2) is 0 Å². The molecule has 0 fully saturated rings. The van der Waals surface area contributed by atoms with Gasteiger partial charge in [0.05, 0.1) is 5.52 Å². The Morgan fingerprint density at radius 1 is 1.00 bits per heavy atom. The van der Waals surface area contributed by atoms with Gasteiger partial charge < -0.3 is 5.32 Å². The van der Waals surface area contributed by atoms with Crippen LogP contribution in [0.15, 0.2) is 78.5 Å². The number of benzene rings is 3. The van der Waals surface area contributed by atoms with Gasteiger partial charge in [0.25, 0.3) is 0 Å². The molecule has 3 aromatic carbocycles. The molecule has 1 aliphatic rings. The number of hydrogen-bond acceptors (Lipinski definition) is 3. The first-order chi connectivity index (χ1) is 18.6. The maximum atomic E-state index is 10.5. The van der Waals surface area contributed by atoms with E-state index >= 15 is 0 Å². The fourth-order valence-electron chi connectivity index (χ4n) is 5.74. The summed E-state index contributed by atoms with van der Waals surface area (Å²) in [4.78, 5) is 16.9. The van der Waals surface area contributed by atoms with Crippen LogP contribution in [0.1, 0.15) is 58.2 Å². The van der Waals surface area contributed by atoms with Gasteiger partial charge in [0, 0.05) is 35.1 Å². The Labute approximate surface area is 255 Å². The molecule has 0 N–H and O–H groups in total. The largest absolute Gasteiger partial charge is 0.686 e. The van der Waals surface area contributed by atoms with Crippen LogP contribution in [0.25, 0.3) is 48.0 Å². The number of aryl methyl sites for hydroxylation is 1. The molecule has 0 unspecified atom stereocenters. The SMILES string of the molecule is CC(=O)/C=C(/C)[N-]C(C)C.Cc1cc(-c2[c-]ccc3c2C(C)(C)c2c-3sc3ccccc23)nc2ccccc12.[Ir]. The normalized spacial score (nSPS) is 13.3. The Kier molecular flexibility index (Phi) is 8.80. The molecule has 0 amide bonds. The molecule has 0 aliphatic heterocycles. The summed E-state index contributed by atoms with van der Waals surface area (Å²) in [5.74, 6) is 0.0573. The van der Waals surface area contributed by atoms with Crippen molar-refractivity contribution in [2.24, 2.45) is 0 Å². The first kappa shape index (κ1) is 29.9. The average Bonchev–Trinajstić information content (AvgIpc) is 3.37. The zero-order valence-electron chi connectivity index (χ0n) is 24.0. The van der Waals surface area contributed by atoms with Crippen molar-refractivity contribution in [3.8, 4) is 21.7 Å². The molecule has 1 aliphatic carbocycles. The maximum absolute atomic E-state index is 10.5. The molecule has 3 nitrogen and oxygen atoms in total. The predicted octanol–water partition coefficient (Wildman–Crippen LogP) is 9.79. The van der Waals surface area contributed by atoms with Crippen molar-refractivity contribution in [2.45, 2.75) is 59.9 Å². The van der Waals surface area contributed by atoms with Crippen LogP contribution >= 0.6 is 11.3 Å². The van der Waals surface area contributed by atoms with E-state index < -0.39 is 0 Å². The third kappa shape index (κ3) is 5.56. The second-order valence-corrected chi connectivity index (χ2v) is 12.1. The molecule has 5 aromatic rings. The number of allylic oxidation sites excluding steroid dienone is 2. The fourth-order valence-corrected chi connectivity index (χ4v) is 7.13. The van der Waals surface area contributed by atoms with Gasteiger partial charge in [-0.15, -0.1) is 46.7 Å². The van der Waals surface area contributed by atoms with E-state index in [0.717, 1.165) is 22.5 Å². The van der Waals surface area contributed by atoms with Crippen LogP contribution in [0, 0.1) is 13.0 Å². The van der Waals surface area contributed by atoms with Crippen molar-refractivity contribution in [1.29, 1.82) is 0 Å². The first-order valence-corrected chi connectivity index (χ1v) is 14.2. The van der Waals surface area contributed by atoms with Crippen LogP contribution < -0.4 is 0 Å². The van der Waals surface area contributed by atoms with Crippen LogP contribution in [0.2, 0.25) is 0 Å². The molecule has 0 bridgehead atoms. The second-order valence-electron chi connectivity index (χ2n) is 11.0. The molecular weight excluding hydrogens is 689 g/mol. The summed E-state index contributed by atoms with van der Waals surface area (Å²) in [6.45, 7) is 14.2. The third-order valence-corrected chi connectivity index (χ3v) is 8.34. The Balaban J connectivity index is 0.000000292.